The van der Waals surface area contributed by atoms with E-state index in [4.69, 9.17) is 0 Å². The minimum Gasteiger partial charge on any atom is -0.324 e. The molecule has 4 rings (SSSR count). The molecule has 2 aromatic carbocycles. The number of likely N-dealkylation sites (tertiary alicyclic amines) is 2. The van der Waals surface area contributed by atoms with E-state index in [1.807, 2.05) is 18.2 Å². The second kappa shape index (κ2) is 10.9. The number of carbonyl (C=O) groups excluding carboxylic acids is 1. The highest BCUT2D eigenvalue weighted by atomic mass is 16.2. The van der Waals surface area contributed by atoms with Crippen molar-refractivity contribution in [1.82, 2.24) is 9.80 Å². The van der Waals surface area contributed by atoms with Crippen LogP contribution in [0.15, 0.2) is 42.5 Å². The number of piperidine rings is 2. The van der Waals surface area contributed by atoms with Gasteiger partial charge >= 0.3 is 0 Å². The van der Waals surface area contributed by atoms with Crippen LogP contribution in [0.4, 0.5) is 5.69 Å². The van der Waals surface area contributed by atoms with Gasteiger partial charge in [0, 0.05) is 24.8 Å². The first-order valence-corrected chi connectivity index (χ1v) is 12.2. The average Bonchev–Trinajstić information content (AvgIpc) is 2.83. The van der Waals surface area contributed by atoms with Crippen LogP contribution in [0.25, 0.3) is 12.2 Å². The third-order valence-corrected chi connectivity index (χ3v) is 7.07. The molecule has 0 atom stereocenters. The van der Waals surface area contributed by atoms with Crippen molar-refractivity contribution in [3.63, 3.8) is 0 Å². The van der Waals surface area contributed by atoms with Gasteiger partial charge in [0.2, 0.25) is 5.91 Å². The van der Waals surface area contributed by atoms with Gasteiger partial charge in [0.15, 0.2) is 0 Å². The van der Waals surface area contributed by atoms with Crippen LogP contribution in [0.2, 0.25) is 0 Å². The summed E-state index contributed by atoms with van der Waals surface area (Å²) in [5.74, 6) is 0.0943. The first-order chi connectivity index (χ1) is 15.6. The zero-order valence-electron chi connectivity index (χ0n) is 19.6. The number of carbonyl (C=O) groups is 1. The maximum atomic E-state index is 12.9. The Hall–Kier alpha value is -2.43. The van der Waals surface area contributed by atoms with Gasteiger partial charge < -0.3 is 10.2 Å². The van der Waals surface area contributed by atoms with Gasteiger partial charge in [-0.2, -0.15) is 0 Å². The molecular weight excluding hydrogens is 394 g/mol. The fourth-order valence-corrected chi connectivity index (χ4v) is 5.09. The van der Waals surface area contributed by atoms with Crippen molar-refractivity contribution < 1.29 is 4.79 Å². The molecule has 2 fully saturated rings. The van der Waals surface area contributed by atoms with Crippen LogP contribution in [0.1, 0.15) is 54.4 Å². The van der Waals surface area contributed by atoms with Crippen molar-refractivity contribution in [2.45, 2.75) is 52.0 Å². The van der Waals surface area contributed by atoms with E-state index in [-0.39, 0.29) is 5.91 Å². The number of rotatable bonds is 6. The Labute approximate surface area is 193 Å². The Morgan fingerprint density at radius 3 is 2.38 bits per heavy atom. The quantitative estimate of drug-likeness (QED) is 0.625. The van der Waals surface area contributed by atoms with Crippen LogP contribution in [-0.4, -0.2) is 54.5 Å². The smallest absolute Gasteiger partial charge is 0.238 e. The van der Waals surface area contributed by atoms with E-state index in [1.54, 1.807) is 0 Å². The SMILES string of the molecule is Cc1ccc(C=Cc2ccccc2)c(C)c1NC(=O)CN1CCC(N2CCCCC2)CC1. The first kappa shape index (κ1) is 22.8. The number of hydrogen-bond donors (Lipinski definition) is 1. The number of aryl methyl sites for hydroxylation is 1. The molecule has 2 aromatic rings. The van der Waals surface area contributed by atoms with Gasteiger partial charge in [0.25, 0.3) is 0 Å². The summed E-state index contributed by atoms with van der Waals surface area (Å²) in [5, 5.41) is 3.21. The molecule has 0 bridgehead atoms. The maximum Gasteiger partial charge on any atom is 0.238 e. The Balaban J connectivity index is 1.33. The number of amides is 1. The summed E-state index contributed by atoms with van der Waals surface area (Å²) in [5.41, 5.74) is 5.49. The molecule has 0 spiro atoms. The van der Waals surface area contributed by atoms with Crippen LogP contribution in [0.5, 0.6) is 0 Å². The third-order valence-electron chi connectivity index (χ3n) is 7.07. The van der Waals surface area contributed by atoms with Crippen molar-refractivity contribution in [1.29, 1.82) is 0 Å². The molecular formula is C28H37N3O. The second-order valence-electron chi connectivity index (χ2n) is 9.37. The molecule has 0 aromatic heterocycles. The summed E-state index contributed by atoms with van der Waals surface area (Å²) >= 11 is 0. The zero-order chi connectivity index (χ0) is 22.3. The first-order valence-electron chi connectivity index (χ1n) is 12.2. The number of anilines is 1. The average molecular weight is 432 g/mol. The predicted octanol–water partition coefficient (Wildman–Crippen LogP) is 5.36. The molecule has 0 aliphatic carbocycles. The number of hydrogen-bond acceptors (Lipinski definition) is 3. The van der Waals surface area contributed by atoms with Crippen molar-refractivity contribution >= 4 is 23.7 Å². The van der Waals surface area contributed by atoms with Crippen LogP contribution < -0.4 is 5.32 Å². The highest BCUT2D eigenvalue weighted by Crippen LogP contribution is 2.26. The summed E-state index contributed by atoms with van der Waals surface area (Å²) in [6.45, 7) is 9.21. The lowest BCUT2D eigenvalue weighted by Gasteiger charge is -2.40. The van der Waals surface area contributed by atoms with Gasteiger partial charge in [-0.3, -0.25) is 9.69 Å². The van der Waals surface area contributed by atoms with E-state index in [0.717, 1.165) is 35.5 Å². The van der Waals surface area contributed by atoms with E-state index in [9.17, 15) is 4.79 Å². The van der Waals surface area contributed by atoms with Crippen molar-refractivity contribution in [2.24, 2.45) is 0 Å². The molecule has 32 heavy (non-hydrogen) atoms. The van der Waals surface area contributed by atoms with Gasteiger partial charge in [0.05, 0.1) is 6.54 Å². The fourth-order valence-electron chi connectivity index (χ4n) is 5.09. The highest BCUT2D eigenvalue weighted by molar-refractivity contribution is 5.94. The van der Waals surface area contributed by atoms with Gasteiger partial charge in [-0.15, -0.1) is 0 Å². The molecule has 170 valence electrons. The minimum absolute atomic E-state index is 0.0943. The molecule has 2 aliphatic rings. The Kier molecular flexibility index (Phi) is 7.77. The molecule has 4 heteroatoms. The van der Waals surface area contributed by atoms with Crippen LogP contribution in [0, 0.1) is 13.8 Å². The molecule has 0 radical (unpaired) electrons. The molecule has 2 heterocycles. The number of nitrogens with zero attached hydrogens (tertiary/aromatic N) is 2. The molecule has 0 saturated carbocycles. The number of benzene rings is 2. The Bertz CT molecular complexity index is 923. The van der Waals surface area contributed by atoms with Crippen LogP contribution >= 0.6 is 0 Å². The van der Waals surface area contributed by atoms with E-state index in [2.05, 4.69) is 65.4 Å². The topological polar surface area (TPSA) is 35.6 Å². The van der Waals surface area contributed by atoms with Crippen LogP contribution in [0.3, 0.4) is 0 Å². The van der Waals surface area contributed by atoms with Crippen LogP contribution in [-0.2, 0) is 4.79 Å². The standard InChI is InChI=1S/C28H37N3O/c1-22-11-13-25(14-12-24-9-5-3-6-10-24)23(2)28(22)29-27(32)21-30-19-15-26(16-20-30)31-17-7-4-8-18-31/h3,5-6,9-14,26H,4,7-8,15-21H2,1-2H3,(H,29,32). The maximum absolute atomic E-state index is 12.9. The van der Waals surface area contributed by atoms with Gasteiger partial charge in [-0.05, 0) is 74.9 Å². The van der Waals surface area contributed by atoms with Gasteiger partial charge in [-0.25, -0.2) is 0 Å². The second-order valence-corrected chi connectivity index (χ2v) is 9.37. The number of nitrogens with one attached hydrogen (secondary N) is 1. The third kappa shape index (κ3) is 5.87. The molecule has 2 aliphatic heterocycles. The summed E-state index contributed by atoms with van der Waals surface area (Å²) in [6.07, 6.45) is 10.7. The largest absolute Gasteiger partial charge is 0.324 e. The predicted molar refractivity (Wildman–Crippen MR) is 135 cm³/mol. The minimum atomic E-state index is 0.0943. The lowest BCUT2D eigenvalue weighted by atomic mass is 10.00. The molecule has 0 unspecified atom stereocenters. The van der Waals surface area contributed by atoms with E-state index < -0.39 is 0 Å². The Morgan fingerprint density at radius 2 is 1.66 bits per heavy atom. The van der Waals surface area contributed by atoms with Crippen molar-refractivity contribution in [2.75, 3.05) is 38.0 Å². The summed E-state index contributed by atoms with van der Waals surface area (Å²) in [7, 11) is 0. The van der Waals surface area contributed by atoms with Gasteiger partial charge in [-0.1, -0.05) is 61.0 Å². The van der Waals surface area contributed by atoms with E-state index in [0.29, 0.717) is 12.6 Å². The molecule has 1 N–H and O–H groups in total. The summed E-state index contributed by atoms with van der Waals surface area (Å²) in [6, 6.07) is 15.2. The van der Waals surface area contributed by atoms with Crippen molar-refractivity contribution in [3.05, 3.63) is 64.7 Å². The fraction of sp³-hybridized carbons (Fsp3) is 0.464. The van der Waals surface area contributed by atoms with E-state index in [1.165, 1.54) is 50.8 Å². The lowest BCUT2D eigenvalue weighted by molar-refractivity contribution is -0.117. The Morgan fingerprint density at radius 1 is 0.938 bits per heavy atom. The molecule has 4 nitrogen and oxygen atoms in total. The molecule has 2 saturated heterocycles. The van der Waals surface area contributed by atoms with Crippen molar-refractivity contribution in [3.8, 4) is 0 Å². The monoisotopic (exact) mass is 431 g/mol. The normalized spacial score (nSPS) is 18.8. The summed E-state index contributed by atoms with van der Waals surface area (Å²) in [4.78, 5) is 17.9. The van der Waals surface area contributed by atoms with Gasteiger partial charge in [0.1, 0.15) is 0 Å². The van der Waals surface area contributed by atoms with E-state index >= 15 is 0 Å². The molecule has 1 amide bonds. The summed E-state index contributed by atoms with van der Waals surface area (Å²) < 4.78 is 0. The zero-order valence-corrected chi connectivity index (χ0v) is 19.6. The highest BCUT2D eigenvalue weighted by Gasteiger charge is 2.26. The lowest BCUT2D eigenvalue weighted by Crippen LogP contribution is -2.48.